The summed E-state index contributed by atoms with van der Waals surface area (Å²) >= 11 is 6.50. The Morgan fingerprint density at radius 3 is 2.79 bits per heavy atom. The summed E-state index contributed by atoms with van der Waals surface area (Å²) in [6, 6.07) is 1.56. The van der Waals surface area contributed by atoms with Crippen molar-refractivity contribution in [3.8, 4) is 5.75 Å². The molecule has 4 rings (SSSR count). The van der Waals surface area contributed by atoms with Crippen molar-refractivity contribution in [1.82, 2.24) is 25.1 Å². The second-order valence-electron chi connectivity index (χ2n) is 6.87. The number of fused-ring (bicyclic) bond motifs is 1. The number of nitrogens with zero attached hydrogens (tertiary/aromatic N) is 5. The lowest BCUT2D eigenvalue weighted by molar-refractivity contribution is 0.376. The fourth-order valence-electron chi connectivity index (χ4n) is 3.76. The van der Waals surface area contributed by atoms with Crippen LogP contribution < -0.4 is 15.8 Å². The van der Waals surface area contributed by atoms with Crippen molar-refractivity contribution >= 4 is 34.1 Å². The number of halogens is 1. The lowest BCUT2D eigenvalue weighted by Crippen LogP contribution is -2.40. The molecule has 28 heavy (non-hydrogen) atoms. The van der Waals surface area contributed by atoms with Gasteiger partial charge >= 0.3 is 0 Å². The molecule has 1 fully saturated rings. The average molecular weight is 398 g/mol. The molecule has 1 atom stereocenters. The van der Waals surface area contributed by atoms with Gasteiger partial charge in [-0.1, -0.05) is 11.6 Å². The van der Waals surface area contributed by atoms with E-state index in [-0.39, 0.29) is 12.0 Å². The molecule has 3 heterocycles. The highest BCUT2D eigenvalue weighted by Gasteiger charge is 2.31. The van der Waals surface area contributed by atoms with Crippen LogP contribution in [0, 0.1) is 13.5 Å². The maximum absolute atomic E-state index is 7.58. The summed E-state index contributed by atoms with van der Waals surface area (Å²) in [6.07, 6.45) is 1.43. The van der Waals surface area contributed by atoms with Crippen LogP contribution in [0.5, 0.6) is 5.75 Å². The molecule has 0 saturated carbocycles. The normalized spacial score (nSPS) is 15.2. The molecule has 144 valence electrons. The van der Waals surface area contributed by atoms with E-state index in [9.17, 15) is 0 Å². The Bertz CT molecular complexity index is 1110. The molecule has 3 N–H and O–H groups in total. The summed E-state index contributed by atoms with van der Waals surface area (Å²) in [5.41, 5.74) is 9.59. The smallest absolute Gasteiger partial charge is 0.212 e. The third kappa shape index (κ3) is 2.66. The van der Waals surface area contributed by atoms with Crippen LogP contribution in [-0.2, 0) is 0 Å². The highest BCUT2D eigenvalue weighted by atomic mass is 35.5. The first-order valence-corrected chi connectivity index (χ1v) is 9.29. The predicted molar refractivity (Wildman–Crippen MR) is 108 cm³/mol. The molecular weight excluding hydrogens is 378 g/mol. The standard InChI is InChI=1S/C19H20ClN7O/c1-9-14-18(21)24-8-25-19(14)27(26-9)10(2)12-5-13(20)16(22-3)15(17(12)28-4)11-6-23-7-11/h5,8,10-11,23H,6-7H2,1-2,4H3,(H2,21,24,25). The van der Waals surface area contributed by atoms with Crippen LogP contribution in [0.4, 0.5) is 11.5 Å². The monoisotopic (exact) mass is 397 g/mol. The van der Waals surface area contributed by atoms with Crippen LogP contribution in [0.25, 0.3) is 15.9 Å². The van der Waals surface area contributed by atoms with Crippen LogP contribution in [-0.4, -0.2) is 39.9 Å². The first-order chi connectivity index (χ1) is 13.5. The molecule has 1 saturated heterocycles. The van der Waals surface area contributed by atoms with Crippen LogP contribution in [0.3, 0.4) is 0 Å². The molecule has 9 heteroatoms. The van der Waals surface area contributed by atoms with E-state index in [1.807, 2.05) is 13.8 Å². The maximum Gasteiger partial charge on any atom is 0.212 e. The molecule has 0 aliphatic carbocycles. The van der Waals surface area contributed by atoms with E-state index in [1.54, 1.807) is 17.9 Å². The summed E-state index contributed by atoms with van der Waals surface area (Å²) < 4.78 is 7.59. The van der Waals surface area contributed by atoms with Crippen LogP contribution >= 0.6 is 11.6 Å². The fraction of sp³-hybridized carbons (Fsp3) is 0.368. The molecule has 0 radical (unpaired) electrons. The Morgan fingerprint density at radius 2 is 2.18 bits per heavy atom. The molecule has 2 aromatic heterocycles. The third-order valence-electron chi connectivity index (χ3n) is 5.29. The Labute approximate surface area is 167 Å². The molecule has 1 unspecified atom stereocenters. The Hall–Kier alpha value is -2.89. The summed E-state index contributed by atoms with van der Waals surface area (Å²) in [6.45, 7) is 13.0. The Balaban J connectivity index is 1.94. The fourth-order valence-corrected chi connectivity index (χ4v) is 4.02. The maximum atomic E-state index is 7.58. The SMILES string of the molecule is [C-]#[N+]c1c(Cl)cc(C(C)n2nc(C)c3c(N)ncnc32)c(OC)c1C1CNC1. The van der Waals surface area contributed by atoms with Gasteiger partial charge in [0.15, 0.2) is 5.65 Å². The van der Waals surface area contributed by atoms with Gasteiger partial charge in [0.05, 0.1) is 30.8 Å². The topological polar surface area (TPSA) is 95.2 Å². The number of methoxy groups -OCH3 is 1. The second kappa shape index (κ2) is 6.93. The van der Waals surface area contributed by atoms with Crippen molar-refractivity contribution in [1.29, 1.82) is 0 Å². The number of nitrogen functional groups attached to an aromatic ring is 1. The summed E-state index contributed by atoms with van der Waals surface area (Å²) in [7, 11) is 1.62. The van der Waals surface area contributed by atoms with Gasteiger partial charge in [0.1, 0.15) is 17.9 Å². The number of aryl methyl sites for hydroxylation is 1. The number of anilines is 1. The van der Waals surface area contributed by atoms with Crippen molar-refractivity contribution in [2.75, 3.05) is 25.9 Å². The molecule has 8 nitrogen and oxygen atoms in total. The highest BCUT2D eigenvalue weighted by Crippen LogP contribution is 2.46. The molecule has 0 amide bonds. The lowest BCUT2D eigenvalue weighted by atomic mass is 9.88. The van der Waals surface area contributed by atoms with Gasteiger partial charge < -0.3 is 15.8 Å². The van der Waals surface area contributed by atoms with E-state index in [2.05, 4.69) is 25.2 Å². The number of hydrogen-bond acceptors (Lipinski definition) is 6. The molecule has 1 aliphatic rings. The molecule has 1 aromatic carbocycles. The van der Waals surface area contributed by atoms with Gasteiger partial charge in [-0.3, -0.25) is 0 Å². The quantitative estimate of drug-likeness (QED) is 0.656. The first kappa shape index (κ1) is 18.5. The third-order valence-corrected chi connectivity index (χ3v) is 5.57. The van der Waals surface area contributed by atoms with Gasteiger partial charge in [-0.2, -0.15) is 5.10 Å². The van der Waals surface area contributed by atoms with Gasteiger partial charge in [0.25, 0.3) is 0 Å². The van der Waals surface area contributed by atoms with E-state index in [0.717, 1.165) is 35.3 Å². The minimum absolute atomic E-state index is 0.192. The van der Waals surface area contributed by atoms with E-state index in [4.69, 9.17) is 28.6 Å². The van der Waals surface area contributed by atoms with Crippen LogP contribution in [0.1, 0.15) is 35.7 Å². The lowest BCUT2D eigenvalue weighted by Gasteiger charge is -2.32. The number of nitrogens with two attached hydrogens (primary N) is 1. The molecule has 0 spiro atoms. The first-order valence-electron chi connectivity index (χ1n) is 8.91. The largest absolute Gasteiger partial charge is 0.497 e. The van der Waals surface area contributed by atoms with E-state index < -0.39 is 0 Å². The number of hydrogen-bond donors (Lipinski definition) is 2. The van der Waals surface area contributed by atoms with Crippen LogP contribution in [0.2, 0.25) is 5.02 Å². The molecule has 1 aliphatic heterocycles. The minimum Gasteiger partial charge on any atom is -0.497 e. The summed E-state index contributed by atoms with van der Waals surface area (Å²) in [5.74, 6) is 1.27. The number of rotatable bonds is 4. The van der Waals surface area contributed by atoms with E-state index in [0.29, 0.717) is 27.9 Å². The van der Waals surface area contributed by atoms with Gasteiger partial charge in [-0.05, 0) is 19.9 Å². The Morgan fingerprint density at radius 1 is 1.43 bits per heavy atom. The van der Waals surface area contributed by atoms with Crippen molar-refractivity contribution in [3.63, 3.8) is 0 Å². The average Bonchev–Trinajstić information content (AvgIpc) is 2.97. The molecular formula is C19H20ClN7O. The number of aromatic nitrogens is 4. The zero-order valence-electron chi connectivity index (χ0n) is 15.8. The number of nitrogens with one attached hydrogen (secondary N) is 1. The van der Waals surface area contributed by atoms with Crippen molar-refractivity contribution < 1.29 is 4.74 Å². The zero-order chi connectivity index (χ0) is 20.0. The second-order valence-corrected chi connectivity index (χ2v) is 7.28. The number of benzene rings is 1. The van der Waals surface area contributed by atoms with E-state index >= 15 is 0 Å². The van der Waals surface area contributed by atoms with Crippen molar-refractivity contribution in [2.45, 2.75) is 25.8 Å². The minimum atomic E-state index is -0.232. The van der Waals surface area contributed by atoms with E-state index in [1.165, 1.54) is 6.33 Å². The van der Waals surface area contributed by atoms with Gasteiger partial charge in [-0.15, -0.1) is 0 Å². The molecule has 0 bridgehead atoms. The predicted octanol–water partition coefficient (Wildman–Crippen LogP) is 3.23. The van der Waals surface area contributed by atoms with Crippen LogP contribution in [0.15, 0.2) is 12.4 Å². The van der Waals surface area contributed by atoms with Crippen molar-refractivity contribution in [2.24, 2.45) is 0 Å². The Kier molecular flexibility index (Phi) is 4.57. The van der Waals surface area contributed by atoms with Gasteiger partial charge in [0.2, 0.25) is 5.69 Å². The summed E-state index contributed by atoms with van der Waals surface area (Å²) in [4.78, 5) is 12.1. The van der Waals surface area contributed by atoms with Crippen molar-refractivity contribution in [3.05, 3.63) is 45.7 Å². The van der Waals surface area contributed by atoms with Gasteiger partial charge in [-0.25, -0.2) is 19.5 Å². The zero-order valence-corrected chi connectivity index (χ0v) is 16.6. The summed E-state index contributed by atoms with van der Waals surface area (Å²) in [5, 5.41) is 9.05. The number of ether oxygens (including phenoxy) is 1. The van der Waals surface area contributed by atoms with Gasteiger partial charge in [0, 0.05) is 35.2 Å². The molecule has 3 aromatic rings. The highest BCUT2D eigenvalue weighted by molar-refractivity contribution is 6.33.